The van der Waals surface area contributed by atoms with Gasteiger partial charge in [0.1, 0.15) is 0 Å². The first-order valence-corrected chi connectivity index (χ1v) is 18.6. The number of rotatable bonds is 4. The van der Waals surface area contributed by atoms with Gasteiger partial charge in [-0.2, -0.15) is 0 Å². The quantitative estimate of drug-likeness (QED) is 0.196. The van der Waals surface area contributed by atoms with Gasteiger partial charge in [0.2, 0.25) is 0 Å². The summed E-state index contributed by atoms with van der Waals surface area (Å²) in [6.07, 6.45) is 0. The van der Waals surface area contributed by atoms with Gasteiger partial charge in [0.05, 0.1) is 22.1 Å². The van der Waals surface area contributed by atoms with Crippen LogP contribution in [0.15, 0.2) is 182 Å². The maximum absolute atomic E-state index is 7.21. The van der Waals surface area contributed by atoms with Gasteiger partial charge in [-0.1, -0.05) is 127 Å². The molecule has 0 amide bonds. The topological polar surface area (TPSA) is 35.9 Å². The van der Waals surface area contributed by atoms with Gasteiger partial charge >= 0.3 is 0 Å². The monoisotopic (exact) mass is 689 g/mol. The van der Waals surface area contributed by atoms with E-state index in [0.29, 0.717) is 0 Å². The van der Waals surface area contributed by atoms with Crippen molar-refractivity contribution < 1.29 is 0 Å². The summed E-state index contributed by atoms with van der Waals surface area (Å²) in [6, 6.07) is 65.8. The van der Waals surface area contributed by atoms with Crippen LogP contribution in [0.25, 0.3) is 88.5 Å². The summed E-state index contributed by atoms with van der Waals surface area (Å²) >= 11 is 0. The minimum atomic E-state index is 0.795. The smallest absolute Gasteiger partial charge is 0.0547 e. The number of nitrogens with two attached hydrogens (primary N) is 1. The second kappa shape index (κ2) is 11.7. The standard InChI is InChI=1S/C51H35N3/c1-32-13-11-22-42-38-18-5-6-21-43(38)50(49(32)42)51(52)35-14-12-17-37(29-35)54-46-24-10-8-20-40(46)44-30-33(26-28-47(44)54)34-25-27-41-39-19-7-9-23-45(39)53(48(41)31-34)36-15-3-2-4-16-36/h2-31H,52H2,1H3/b51-50-. The first kappa shape index (κ1) is 30.5. The van der Waals surface area contributed by atoms with Crippen LogP contribution in [0.1, 0.15) is 22.3 Å². The Morgan fingerprint density at radius 3 is 1.80 bits per heavy atom. The lowest BCUT2D eigenvalue weighted by atomic mass is 9.95. The molecule has 254 valence electrons. The van der Waals surface area contributed by atoms with E-state index in [-0.39, 0.29) is 0 Å². The summed E-state index contributed by atoms with van der Waals surface area (Å²) in [7, 11) is 0. The Morgan fingerprint density at radius 2 is 0.981 bits per heavy atom. The van der Waals surface area contributed by atoms with Gasteiger partial charge < -0.3 is 14.9 Å². The predicted octanol–water partition coefficient (Wildman–Crippen LogP) is 12.7. The van der Waals surface area contributed by atoms with Crippen LogP contribution in [0, 0.1) is 6.92 Å². The average molecular weight is 690 g/mol. The lowest BCUT2D eigenvalue weighted by Gasteiger charge is -2.14. The molecule has 0 saturated carbocycles. The molecule has 54 heavy (non-hydrogen) atoms. The Kier molecular flexibility index (Phi) is 6.62. The molecule has 0 radical (unpaired) electrons. The predicted molar refractivity (Wildman–Crippen MR) is 227 cm³/mol. The highest BCUT2D eigenvalue weighted by Gasteiger charge is 2.27. The number of benzene rings is 8. The van der Waals surface area contributed by atoms with E-state index in [9.17, 15) is 0 Å². The molecule has 0 saturated heterocycles. The van der Waals surface area contributed by atoms with Crippen LogP contribution in [0.3, 0.4) is 0 Å². The third kappa shape index (κ3) is 4.42. The zero-order chi connectivity index (χ0) is 35.9. The van der Waals surface area contributed by atoms with Gasteiger partial charge in [-0.3, -0.25) is 0 Å². The van der Waals surface area contributed by atoms with Crippen LogP contribution < -0.4 is 5.73 Å². The molecule has 2 heterocycles. The minimum Gasteiger partial charge on any atom is -0.398 e. The number of hydrogen-bond acceptors (Lipinski definition) is 1. The zero-order valence-corrected chi connectivity index (χ0v) is 29.8. The van der Waals surface area contributed by atoms with E-state index < -0.39 is 0 Å². The Morgan fingerprint density at radius 1 is 0.407 bits per heavy atom. The molecule has 3 nitrogen and oxygen atoms in total. The number of aryl methyl sites for hydroxylation is 1. The van der Waals surface area contributed by atoms with Crippen LogP contribution in [0.5, 0.6) is 0 Å². The SMILES string of the molecule is Cc1cccc2c1/C(=C(\N)c1cccc(-n3c4ccccc4c4cc(-c5ccc6c7ccccc7n(-c7ccccc7)c6c5)ccc43)c1)c1ccccc1-2. The maximum Gasteiger partial charge on any atom is 0.0547 e. The minimum absolute atomic E-state index is 0.795. The first-order chi connectivity index (χ1) is 26.6. The normalized spacial score (nSPS) is 13.2. The van der Waals surface area contributed by atoms with Crippen LogP contribution in [0.4, 0.5) is 0 Å². The summed E-state index contributed by atoms with van der Waals surface area (Å²) in [5.74, 6) is 0. The Labute approximate surface area is 313 Å². The fourth-order valence-electron chi connectivity index (χ4n) is 8.97. The highest BCUT2D eigenvalue weighted by Crippen LogP contribution is 2.48. The van der Waals surface area contributed by atoms with Crippen molar-refractivity contribution in [3.05, 3.63) is 204 Å². The van der Waals surface area contributed by atoms with E-state index in [4.69, 9.17) is 5.73 Å². The van der Waals surface area contributed by atoms with Gasteiger partial charge in [-0.25, -0.2) is 0 Å². The molecule has 0 atom stereocenters. The van der Waals surface area contributed by atoms with E-state index in [1.54, 1.807) is 0 Å². The fraction of sp³-hybridized carbons (Fsp3) is 0.0196. The van der Waals surface area contributed by atoms with Gasteiger partial charge in [-0.15, -0.1) is 0 Å². The summed E-state index contributed by atoms with van der Waals surface area (Å²) in [5, 5.41) is 4.96. The third-order valence-corrected chi connectivity index (χ3v) is 11.4. The number of nitrogens with zero attached hydrogens (tertiary/aromatic N) is 2. The number of fused-ring (bicyclic) bond motifs is 9. The highest BCUT2D eigenvalue weighted by molar-refractivity contribution is 6.13. The molecule has 2 aromatic heterocycles. The molecule has 1 aliphatic carbocycles. The molecule has 11 rings (SSSR count). The fourth-order valence-corrected chi connectivity index (χ4v) is 8.97. The van der Waals surface area contributed by atoms with Crippen molar-refractivity contribution in [3.8, 4) is 33.6 Å². The van der Waals surface area contributed by atoms with Crippen molar-refractivity contribution in [2.75, 3.05) is 0 Å². The largest absolute Gasteiger partial charge is 0.398 e. The van der Waals surface area contributed by atoms with Gasteiger partial charge in [0.25, 0.3) is 0 Å². The van der Waals surface area contributed by atoms with Crippen molar-refractivity contribution in [2.45, 2.75) is 6.92 Å². The lowest BCUT2D eigenvalue weighted by Crippen LogP contribution is -2.03. The highest BCUT2D eigenvalue weighted by atomic mass is 15.0. The molecular weight excluding hydrogens is 655 g/mol. The van der Waals surface area contributed by atoms with Crippen molar-refractivity contribution in [1.82, 2.24) is 9.13 Å². The number of aromatic nitrogens is 2. The number of hydrogen-bond donors (Lipinski definition) is 1. The molecule has 0 unspecified atom stereocenters. The second-order valence-corrected chi connectivity index (χ2v) is 14.4. The molecule has 0 bridgehead atoms. The molecule has 3 heteroatoms. The summed E-state index contributed by atoms with van der Waals surface area (Å²) in [4.78, 5) is 0. The van der Waals surface area contributed by atoms with Crippen LogP contribution in [-0.4, -0.2) is 9.13 Å². The lowest BCUT2D eigenvalue weighted by molar-refractivity contribution is 1.18. The molecule has 0 aliphatic heterocycles. The molecular formula is C51H35N3. The second-order valence-electron chi connectivity index (χ2n) is 14.4. The summed E-state index contributed by atoms with van der Waals surface area (Å²) in [5.41, 5.74) is 25.6. The van der Waals surface area contributed by atoms with E-state index in [1.807, 2.05) is 0 Å². The van der Waals surface area contributed by atoms with E-state index >= 15 is 0 Å². The Balaban J connectivity index is 1.07. The maximum atomic E-state index is 7.21. The van der Waals surface area contributed by atoms with Crippen molar-refractivity contribution in [1.29, 1.82) is 0 Å². The van der Waals surface area contributed by atoms with Crippen molar-refractivity contribution in [3.63, 3.8) is 0 Å². The molecule has 0 fully saturated rings. The van der Waals surface area contributed by atoms with E-state index in [1.165, 1.54) is 77.0 Å². The van der Waals surface area contributed by atoms with Crippen molar-refractivity contribution >= 4 is 54.9 Å². The van der Waals surface area contributed by atoms with Gasteiger partial charge in [-0.05, 0) is 100 Å². The Bertz CT molecular complexity index is 3170. The molecule has 2 N–H and O–H groups in total. The third-order valence-electron chi connectivity index (χ3n) is 11.4. The van der Waals surface area contributed by atoms with Gasteiger partial charge in [0.15, 0.2) is 0 Å². The summed E-state index contributed by atoms with van der Waals surface area (Å²) in [6.45, 7) is 2.18. The first-order valence-electron chi connectivity index (χ1n) is 18.6. The van der Waals surface area contributed by atoms with Crippen LogP contribution in [0.2, 0.25) is 0 Å². The molecule has 1 aliphatic rings. The van der Waals surface area contributed by atoms with Gasteiger partial charge in [0, 0.05) is 49.8 Å². The average Bonchev–Trinajstić information content (AvgIpc) is 3.87. The summed E-state index contributed by atoms with van der Waals surface area (Å²) < 4.78 is 4.77. The van der Waals surface area contributed by atoms with E-state index in [2.05, 4.69) is 198 Å². The molecule has 8 aromatic carbocycles. The van der Waals surface area contributed by atoms with Crippen LogP contribution >= 0.6 is 0 Å². The molecule has 10 aromatic rings. The zero-order valence-electron chi connectivity index (χ0n) is 29.8. The van der Waals surface area contributed by atoms with E-state index in [0.717, 1.165) is 33.7 Å². The Hall–Kier alpha value is -7.10. The van der Waals surface area contributed by atoms with Crippen LogP contribution in [-0.2, 0) is 0 Å². The van der Waals surface area contributed by atoms with Crippen molar-refractivity contribution in [2.24, 2.45) is 5.73 Å². The number of para-hydroxylation sites is 3. The molecule has 0 spiro atoms.